The summed E-state index contributed by atoms with van der Waals surface area (Å²) < 4.78 is 38.3. The SMILES string of the molecule is O=C(O)[C@H]1CCN(C(=O)[C@@H]2CCCN2c2ncc(C(F)(F)F)cc2Cl)C1. The molecule has 1 amide bonds. The summed E-state index contributed by atoms with van der Waals surface area (Å²) in [6, 6.07) is 0.212. The van der Waals surface area contributed by atoms with Crippen LogP contribution in [-0.2, 0) is 15.8 Å². The molecular formula is C16H17ClF3N3O3. The second-order valence-electron chi connectivity index (χ2n) is 6.49. The number of aromatic nitrogens is 1. The monoisotopic (exact) mass is 391 g/mol. The van der Waals surface area contributed by atoms with Crippen molar-refractivity contribution in [1.82, 2.24) is 9.88 Å². The lowest BCUT2D eigenvalue weighted by Crippen LogP contribution is -2.45. The Balaban J connectivity index is 1.78. The molecule has 0 saturated carbocycles. The van der Waals surface area contributed by atoms with Gasteiger partial charge in [0.25, 0.3) is 0 Å². The standard InChI is InChI=1S/C16H17ClF3N3O3/c17-11-6-10(16(18,19)20)7-21-13(11)23-4-1-2-12(23)14(24)22-5-3-9(8-22)15(25)26/h6-7,9,12H,1-5,8H2,(H,25,26)/t9-,12-/m0/s1. The van der Waals surface area contributed by atoms with E-state index in [9.17, 15) is 22.8 Å². The molecule has 0 radical (unpaired) electrons. The largest absolute Gasteiger partial charge is 0.481 e. The number of nitrogens with zero attached hydrogens (tertiary/aromatic N) is 3. The van der Waals surface area contributed by atoms with Crippen molar-refractivity contribution in [2.24, 2.45) is 5.92 Å². The summed E-state index contributed by atoms with van der Waals surface area (Å²) in [5, 5.41) is 8.91. The number of hydrogen-bond acceptors (Lipinski definition) is 4. The maximum Gasteiger partial charge on any atom is 0.417 e. The number of pyridine rings is 1. The second-order valence-corrected chi connectivity index (χ2v) is 6.89. The minimum absolute atomic E-state index is 0.143. The van der Waals surface area contributed by atoms with Gasteiger partial charge in [-0.15, -0.1) is 0 Å². The third-order valence-corrected chi connectivity index (χ3v) is 5.09. The van der Waals surface area contributed by atoms with Gasteiger partial charge in [-0.25, -0.2) is 4.98 Å². The number of likely N-dealkylation sites (tertiary alicyclic amines) is 1. The molecule has 1 N–H and O–H groups in total. The van der Waals surface area contributed by atoms with Gasteiger partial charge in [0.15, 0.2) is 0 Å². The van der Waals surface area contributed by atoms with Crippen LogP contribution in [0.25, 0.3) is 0 Å². The molecule has 0 aliphatic carbocycles. The minimum atomic E-state index is -4.54. The number of carbonyl (C=O) groups is 2. The van der Waals surface area contributed by atoms with Crippen molar-refractivity contribution in [3.63, 3.8) is 0 Å². The van der Waals surface area contributed by atoms with E-state index < -0.39 is 29.7 Å². The van der Waals surface area contributed by atoms with Gasteiger partial charge in [-0.2, -0.15) is 13.2 Å². The molecule has 142 valence electrons. The molecule has 1 aromatic heterocycles. The van der Waals surface area contributed by atoms with Crippen LogP contribution in [0.2, 0.25) is 5.02 Å². The topological polar surface area (TPSA) is 73.7 Å². The van der Waals surface area contributed by atoms with E-state index in [1.54, 1.807) is 4.90 Å². The molecule has 2 fully saturated rings. The third kappa shape index (κ3) is 3.58. The van der Waals surface area contributed by atoms with Crippen LogP contribution in [0.15, 0.2) is 12.3 Å². The summed E-state index contributed by atoms with van der Waals surface area (Å²) >= 11 is 6.00. The lowest BCUT2D eigenvalue weighted by molar-refractivity contribution is -0.141. The van der Waals surface area contributed by atoms with E-state index in [4.69, 9.17) is 16.7 Å². The molecule has 0 bridgehead atoms. The highest BCUT2D eigenvalue weighted by Gasteiger charge is 2.40. The maximum absolute atomic E-state index is 12.8. The van der Waals surface area contributed by atoms with Crippen molar-refractivity contribution < 1.29 is 27.9 Å². The fourth-order valence-electron chi connectivity index (χ4n) is 3.45. The average molecular weight is 392 g/mol. The van der Waals surface area contributed by atoms with Crippen molar-refractivity contribution in [2.75, 3.05) is 24.5 Å². The first kappa shape index (κ1) is 18.8. The number of rotatable bonds is 3. The number of alkyl halides is 3. The fourth-order valence-corrected chi connectivity index (χ4v) is 3.72. The van der Waals surface area contributed by atoms with E-state index in [0.717, 1.165) is 6.07 Å². The molecule has 2 aliphatic heterocycles. The number of carboxylic acids is 1. The zero-order valence-electron chi connectivity index (χ0n) is 13.7. The van der Waals surface area contributed by atoms with E-state index in [1.807, 2.05) is 0 Å². The minimum Gasteiger partial charge on any atom is -0.481 e. The van der Waals surface area contributed by atoms with Gasteiger partial charge in [0, 0.05) is 25.8 Å². The first-order chi connectivity index (χ1) is 12.2. The molecule has 1 aromatic rings. The average Bonchev–Trinajstić information content (AvgIpc) is 3.23. The van der Waals surface area contributed by atoms with Crippen molar-refractivity contribution in [2.45, 2.75) is 31.5 Å². The zero-order valence-corrected chi connectivity index (χ0v) is 14.4. The number of amides is 1. The summed E-state index contributed by atoms with van der Waals surface area (Å²) in [5.41, 5.74) is -0.947. The zero-order chi connectivity index (χ0) is 19.1. The van der Waals surface area contributed by atoms with Gasteiger partial charge in [0.05, 0.1) is 16.5 Å². The number of halogens is 4. The van der Waals surface area contributed by atoms with Crippen LogP contribution in [-0.4, -0.2) is 52.5 Å². The van der Waals surface area contributed by atoms with Gasteiger partial charge < -0.3 is 14.9 Å². The molecule has 2 atom stereocenters. The molecule has 26 heavy (non-hydrogen) atoms. The molecule has 3 rings (SSSR count). The van der Waals surface area contributed by atoms with E-state index >= 15 is 0 Å². The summed E-state index contributed by atoms with van der Waals surface area (Å²) in [7, 11) is 0. The van der Waals surface area contributed by atoms with Crippen LogP contribution in [0.1, 0.15) is 24.8 Å². The van der Waals surface area contributed by atoms with Crippen molar-refractivity contribution in [3.05, 3.63) is 22.8 Å². The molecule has 10 heteroatoms. The summed E-state index contributed by atoms with van der Waals surface area (Å²) in [6.45, 7) is 0.950. The Labute approximate surface area is 152 Å². The first-order valence-electron chi connectivity index (χ1n) is 8.19. The Kier molecular flexibility index (Phi) is 5.01. The molecule has 2 saturated heterocycles. The fraction of sp³-hybridized carbons (Fsp3) is 0.562. The van der Waals surface area contributed by atoms with Crippen LogP contribution in [0.4, 0.5) is 19.0 Å². The molecular weight excluding hydrogens is 375 g/mol. The Bertz CT molecular complexity index is 728. The number of aliphatic carboxylic acids is 1. The Morgan fingerprint density at radius 1 is 1.27 bits per heavy atom. The summed E-state index contributed by atoms with van der Waals surface area (Å²) in [4.78, 5) is 30.8. The van der Waals surface area contributed by atoms with Crippen molar-refractivity contribution >= 4 is 29.3 Å². The molecule has 0 spiro atoms. The lowest BCUT2D eigenvalue weighted by atomic mass is 10.1. The van der Waals surface area contributed by atoms with E-state index in [1.165, 1.54) is 4.90 Å². The smallest absolute Gasteiger partial charge is 0.417 e. The molecule has 2 aliphatic rings. The third-order valence-electron chi connectivity index (χ3n) is 4.81. The van der Waals surface area contributed by atoms with Crippen molar-refractivity contribution in [1.29, 1.82) is 0 Å². The number of hydrogen-bond donors (Lipinski definition) is 1. The number of carboxylic acid groups (broad SMARTS) is 1. The Morgan fingerprint density at radius 3 is 2.58 bits per heavy atom. The predicted octanol–water partition coefficient (Wildman–Crippen LogP) is 2.66. The van der Waals surface area contributed by atoms with Crippen LogP contribution in [0.3, 0.4) is 0 Å². The van der Waals surface area contributed by atoms with Gasteiger partial charge in [-0.3, -0.25) is 9.59 Å². The van der Waals surface area contributed by atoms with E-state index in [0.29, 0.717) is 38.5 Å². The first-order valence-corrected chi connectivity index (χ1v) is 8.57. The van der Waals surface area contributed by atoms with E-state index in [2.05, 4.69) is 4.98 Å². The van der Waals surface area contributed by atoms with Gasteiger partial charge >= 0.3 is 12.1 Å². The normalized spacial score (nSPS) is 23.5. The Morgan fingerprint density at radius 2 is 2.00 bits per heavy atom. The summed E-state index contributed by atoms with van der Waals surface area (Å²) in [6.07, 6.45) is -2.25. The number of carbonyl (C=O) groups excluding carboxylic acids is 1. The molecule has 0 unspecified atom stereocenters. The predicted molar refractivity (Wildman–Crippen MR) is 86.9 cm³/mol. The van der Waals surface area contributed by atoms with Gasteiger partial charge in [-0.05, 0) is 25.3 Å². The lowest BCUT2D eigenvalue weighted by Gasteiger charge is -2.29. The molecule has 0 aromatic carbocycles. The second kappa shape index (κ2) is 6.94. The van der Waals surface area contributed by atoms with Gasteiger partial charge in [-0.1, -0.05) is 11.6 Å². The van der Waals surface area contributed by atoms with Crippen molar-refractivity contribution in [3.8, 4) is 0 Å². The van der Waals surface area contributed by atoms with Gasteiger partial charge in [0.2, 0.25) is 5.91 Å². The Hall–Kier alpha value is -2.03. The molecule has 6 nitrogen and oxygen atoms in total. The highest BCUT2D eigenvalue weighted by Crippen LogP contribution is 2.36. The maximum atomic E-state index is 12.8. The van der Waals surface area contributed by atoms with E-state index in [-0.39, 0.29) is 23.3 Å². The highest BCUT2D eigenvalue weighted by atomic mass is 35.5. The van der Waals surface area contributed by atoms with Gasteiger partial charge in [0.1, 0.15) is 11.9 Å². The molecule has 3 heterocycles. The summed E-state index contributed by atoms with van der Waals surface area (Å²) in [5.74, 6) is -1.61. The van der Waals surface area contributed by atoms with Crippen LogP contribution < -0.4 is 4.90 Å². The highest BCUT2D eigenvalue weighted by molar-refractivity contribution is 6.33. The van der Waals surface area contributed by atoms with Crippen LogP contribution >= 0.6 is 11.6 Å². The quantitative estimate of drug-likeness (QED) is 0.857. The number of anilines is 1. The van der Waals surface area contributed by atoms with Crippen LogP contribution in [0.5, 0.6) is 0 Å². The van der Waals surface area contributed by atoms with Crippen LogP contribution in [0, 0.1) is 5.92 Å².